The Balaban J connectivity index is 1.52. The molecule has 0 saturated carbocycles. The molecule has 3 aromatic rings. The number of nitrogens with one attached hydrogen (secondary N) is 3. The van der Waals surface area contributed by atoms with Gasteiger partial charge in [-0.1, -0.05) is 6.92 Å². The van der Waals surface area contributed by atoms with Gasteiger partial charge in [0.25, 0.3) is 0 Å². The third-order valence-corrected chi connectivity index (χ3v) is 6.56. The summed E-state index contributed by atoms with van der Waals surface area (Å²) in [6.45, 7) is 5.16. The molecule has 0 amide bonds. The summed E-state index contributed by atoms with van der Waals surface area (Å²) in [5.74, 6) is 0.793. The van der Waals surface area contributed by atoms with Crippen LogP contribution in [0.1, 0.15) is 43.4 Å². The van der Waals surface area contributed by atoms with E-state index in [-0.39, 0.29) is 23.6 Å². The third-order valence-electron chi connectivity index (χ3n) is 6.56. The van der Waals surface area contributed by atoms with Gasteiger partial charge in [-0.3, -0.25) is 0 Å². The van der Waals surface area contributed by atoms with Crippen LogP contribution in [0.15, 0.2) is 24.5 Å². The number of nitrogens with zero attached hydrogens (tertiary/aromatic N) is 3. The normalized spacial score (nSPS) is 24.2. The van der Waals surface area contributed by atoms with E-state index in [4.69, 9.17) is 9.72 Å². The van der Waals surface area contributed by atoms with E-state index in [1.165, 1.54) is 0 Å². The monoisotopic (exact) mass is 460 g/mol. The van der Waals surface area contributed by atoms with Crippen LogP contribution in [-0.2, 0) is 10.9 Å². The van der Waals surface area contributed by atoms with Crippen molar-refractivity contribution in [3.63, 3.8) is 0 Å². The van der Waals surface area contributed by atoms with Crippen LogP contribution >= 0.6 is 0 Å². The third kappa shape index (κ3) is 4.54. The lowest BCUT2D eigenvalue weighted by Gasteiger charge is -2.28. The zero-order valence-corrected chi connectivity index (χ0v) is 18.4. The lowest BCUT2D eigenvalue weighted by Crippen LogP contribution is -2.38. The fraction of sp³-hybridized carbons (Fsp3) is 0.522. The summed E-state index contributed by atoms with van der Waals surface area (Å²) < 4.78 is 47.0. The Morgan fingerprint density at radius 1 is 1.18 bits per heavy atom. The number of aromatic amines is 1. The summed E-state index contributed by atoms with van der Waals surface area (Å²) in [4.78, 5) is 16.1. The molecule has 33 heavy (non-hydrogen) atoms. The molecule has 7 nitrogen and oxygen atoms in total. The number of halogens is 3. The van der Waals surface area contributed by atoms with Crippen molar-refractivity contribution in [1.82, 2.24) is 25.3 Å². The molecule has 3 aromatic heterocycles. The molecular formula is C23H27F3N6O. The number of piperidine rings is 1. The van der Waals surface area contributed by atoms with E-state index in [2.05, 4.69) is 32.5 Å². The fourth-order valence-corrected chi connectivity index (χ4v) is 4.76. The molecule has 3 N–H and O–H groups in total. The average molecular weight is 461 g/mol. The van der Waals surface area contributed by atoms with Crippen LogP contribution < -0.4 is 10.6 Å². The number of pyridine rings is 1. The maximum absolute atomic E-state index is 13.8. The van der Waals surface area contributed by atoms with Gasteiger partial charge in [0, 0.05) is 60.8 Å². The standard InChI is InChI=1S/C23H27F3N6O/c1-13-12-33-8-6-15(13)19-5-4-16-17(10-28-21(16)31-19)20-18(23(24,25)26)11-29-22(32-20)30-14-3-2-7-27-9-14/h4-5,10-11,13-15,27H,2-3,6-9,12H2,1H3,(H,28,31)(H,29,30,32)/t13?,14-,15?/m0/s1. The van der Waals surface area contributed by atoms with Crippen molar-refractivity contribution in [2.45, 2.75) is 44.3 Å². The predicted molar refractivity (Wildman–Crippen MR) is 119 cm³/mol. The highest BCUT2D eigenvalue weighted by molar-refractivity contribution is 5.93. The van der Waals surface area contributed by atoms with E-state index in [9.17, 15) is 13.2 Å². The number of fused-ring (bicyclic) bond motifs is 1. The molecule has 2 saturated heterocycles. The Bertz CT molecular complexity index is 1130. The first-order valence-electron chi connectivity index (χ1n) is 11.4. The second-order valence-electron chi connectivity index (χ2n) is 8.92. The smallest absolute Gasteiger partial charge is 0.381 e. The van der Waals surface area contributed by atoms with E-state index < -0.39 is 11.7 Å². The molecule has 2 aliphatic heterocycles. The Morgan fingerprint density at radius 2 is 2.06 bits per heavy atom. The largest absolute Gasteiger partial charge is 0.419 e. The molecule has 2 aliphatic rings. The number of hydrogen-bond donors (Lipinski definition) is 3. The van der Waals surface area contributed by atoms with E-state index >= 15 is 0 Å². The Morgan fingerprint density at radius 3 is 2.82 bits per heavy atom. The topological polar surface area (TPSA) is 87.8 Å². The van der Waals surface area contributed by atoms with Gasteiger partial charge in [-0.05, 0) is 43.9 Å². The molecule has 0 spiro atoms. The molecule has 0 radical (unpaired) electrons. The summed E-state index contributed by atoms with van der Waals surface area (Å²) in [6, 6.07) is 3.83. The molecule has 10 heteroatoms. The first-order chi connectivity index (χ1) is 15.9. The minimum atomic E-state index is -4.57. The lowest BCUT2D eigenvalue weighted by atomic mass is 9.86. The quantitative estimate of drug-likeness (QED) is 0.537. The molecular weight excluding hydrogens is 433 g/mol. The Labute approximate surface area is 189 Å². The number of rotatable bonds is 4. The van der Waals surface area contributed by atoms with Crippen molar-refractivity contribution in [2.75, 3.05) is 31.6 Å². The van der Waals surface area contributed by atoms with Crippen LogP contribution in [-0.4, -0.2) is 52.3 Å². The number of hydrogen-bond acceptors (Lipinski definition) is 6. The second kappa shape index (κ2) is 8.90. The fourth-order valence-electron chi connectivity index (χ4n) is 4.76. The maximum atomic E-state index is 13.8. The summed E-state index contributed by atoms with van der Waals surface area (Å²) in [5.41, 5.74) is 0.835. The van der Waals surface area contributed by atoms with Gasteiger partial charge in [0.2, 0.25) is 5.95 Å². The van der Waals surface area contributed by atoms with Gasteiger partial charge in [0.1, 0.15) is 11.2 Å². The zero-order chi connectivity index (χ0) is 23.0. The number of anilines is 1. The molecule has 176 valence electrons. The summed E-state index contributed by atoms with van der Waals surface area (Å²) in [5, 5.41) is 7.05. The minimum Gasteiger partial charge on any atom is -0.381 e. The van der Waals surface area contributed by atoms with Gasteiger partial charge < -0.3 is 20.4 Å². The maximum Gasteiger partial charge on any atom is 0.419 e. The highest BCUT2D eigenvalue weighted by Crippen LogP contribution is 2.39. The average Bonchev–Trinajstić information content (AvgIpc) is 3.22. The Hall–Kier alpha value is -2.72. The van der Waals surface area contributed by atoms with Crippen molar-refractivity contribution in [2.24, 2.45) is 5.92 Å². The number of ether oxygens (including phenoxy) is 1. The van der Waals surface area contributed by atoms with Gasteiger partial charge in [-0.25, -0.2) is 15.0 Å². The van der Waals surface area contributed by atoms with Crippen LogP contribution in [0, 0.1) is 5.92 Å². The summed E-state index contributed by atoms with van der Waals surface area (Å²) >= 11 is 0. The predicted octanol–water partition coefficient (Wildman–Crippen LogP) is 4.34. The van der Waals surface area contributed by atoms with Crippen molar-refractivity contribution >= 4 is 17.0 Å². The molecule has 5 rings (SSSR count). The summed E-state index contributed by atoms with van der Waals surface area (Å²) in [7, 11) is 0. The SMILES string of the molecule is CC1COCCC1c1ccc2c(-c3nc(N[C@H]4CCCNC4)ncc3C(F)(F)F)c[nH]c2n1. The number of H-pyrrole nitrogens is 1. The van der Waals surface area contributed by atoms with Gasteiger partial charge in [0.15, 0.2) is 0 Å². The van der Waals surface area contributed by atoms with Crippen LogP contribution in [0.4, 0.5) is 19.1 Å². The van der Waals surface area contributed by atoms with Gasteiger partial charge in [-0.15, -0.1) is 0 Å². The van der Waals surface area contributed by atoms with E-state index in [1.54, 1.807) is 6.20 Å². The van der Waals surface area contributed by atoms with Crippen molar-refractivity contribution in [3.05, 3.63) is 35.8 Å². The lowest BCUT2D eigenvalue weighted by molar-refractivity contribution is -0.137. The highest BCUT2D eigenvalue weighted by Gasteiger charge is 2.36. The van der Waals surface area contributed by atoms with Crippen LogP contribution in [0.3, 0.4) is 0 Å². The van der Waals surface area contributed by atoms with Gasteiger partial charge in [-0.2, -0.15) is 13.2 Å². The molecule has 0 aliphatic carbocycles. The summed E-state index contributed by atoms with van der Waals surface area (Å²) in [6.07, 6.45) is 0.630. The van der Waals surface area contributed by atoms with Gasteiger partial charge >= 0.3 is 6.18 Å². The van der Waals surface area contributed by atoms with Crippen LogP contribution in [0.25, 0.3) is 22.3 Å². The van der Waals surface area contributed by atoms with Gasteiger partial charge in [0.05, 0.1) is 5.69 Å². The number of aromatic nitrogens is 4. The van der Waals surface area contributed by atoms with Crippen molar-refractivity contribution in [3.8, 4) is 11.3 Å². The molecule has 5 heterocycles. The second-order valence-corrected chi connectivity index (χ2v) is 8.92. The molecule has 2 unspecified atom stereocenters. The van der Waals surface area contributed by atoms with Crippen molar-refractivity contribution < 1.29 is 17.9 Å². The number of alkyl halides is 3. The molecule has 0 aromatic carbocycles. The van der Waals surface area contributed by atoms with Crippen molar-refractivity contribution in [1.29, 1.82) is 0 Å². The van der Waals surface area contributed by atoms with Crippen LogP contribution in [0.2, 0.25) is 0 Å². The molecule has 3 atom stereocenters. The first-order valence-corrected chi connectivity index (χ1v) is 11.4. The van der Waals surface area contributed by atoms with E-state index in [0.29, 0.717) is 35.7 Å². The molecule has 0 bridgehead atoms. The van der Waals surface area contributed by atoms with Crippen LogP contribution in [0.5, 0.6) is 0 Å². The highest BCUT2D eigenvalue weighted by atomic mass is 19.4. The first kappa shape index (κ1) is 22.1. The zero-order valence-electron chi connectivity index (χ0n) is 18.4. The van der Waals surface area contributed by atoms with E-state index in [0.717, 1.165) is 44.2 Å². The van der Waals surface area contributed by atoms with E-state index in [1.807, 2.05) is 12.1 Å². The molecule has 2 fully saturated rings. The Kier molecular flexibility index (Phi) is 5.96. The minimum absolute atomic E-state index is 0.0805.